The lowest BCUT2D eigenvalue weighted by Gasteiger charge is -2.27. The SMILES string of the molecule is CC(=O)OC1CNC(c2cc(Br)ccc2C2CCOCC2)C1. The Balaban J connectivity index is 1.80. The first kappa shape index (κ1) is 16.0. The van der Waals surface area contributed by atoms with Crippen LogP contribution < -0.4 is 5.32 Å². The Morgan fingerprint density at radius 3 is 2.82 bits per heavy atom. The molecule has 1 aromatic carbocycles. The minimum atomic E-state index is -0.202. The van der Waals surface area contributed by atoms with E-state index in [-0.39, 0.29) is 18.1 Å². The van der Waals surface area contributed by atoms with Crippen LogP contribution in [0.25, 0.3) is 0 Å². The lowest BCUT2D eigenvalue weighted by atomic mass is 9.85. The van der Waals surface area contributed by atoms with E-state index in [9.17, 15) is 4.79 Å². The predicted molar refractivity (Wildman–Crippen MR) is 87.9 cm³/mol. The van der Waals surface area contributed by atoms with Gasteiger partial charge >= 0.3 is 5.97 Å². The van der Waals surface area contributed by atoms with Crippen molar-refractivity contribution in [2.75, 3.05) is 19.8 Å². The Morgan fingerprint density at radius 1 is 1.32 bits per heavy atom. The number of hydrogen-bond donors (Lipinski definition) is 1. The van der Waals surface area contributed by atoms with Gasteiger partial charge < -0.3 is 14.8 Å². The number of carbonyl (C=O) groups excluding carboxylic acids is 1. The quantitative estimate of drug-likeness (QED) is 0.832. The van der Waals surface area contributed by atoms with Gasteiger partial charge in [0.25, 0.3) is 0 Å². The summed E-state index contributed by atoms with van der Waals surface area (Å²) in [7, 11) is 0. The summed E-state index contributed by atoms with van der Waals surface area (Å²) in [4.78, 5) is 11.1. The molecule has 1 aromatic rings. The molecule has 0 amide bonds. The first-order chi connectivity index (χ1) is 10.6. The molecule has 0 spiro atoms. The second-order valence-corrected chi connectivity index (χ2v) is 7.00. The fraction of sp³-hybridized carbons (Fsp3) is 0.588. The van der Waals surface area contributed by atoms with Gasteiger partial charge in [0.2, 0.25) is 0 Å². The average Bonchev–Trinajstić information content (AvgIpc) is 2.95. The normalized spacial score (nSPS) is 26.1. The maximum atomic E-state index is 11.1. The maximum Gasteiger partial charge on any atom is 0.302 e. The number of ether oxygens (including phenoxy) is 2. The molecule has 2 unspecified atom stereocenters. The zero-order valence-electron chi connectivity index (χ0n) is 12.8. The van der Waals surface area contributed by atoms with Gasteiger partial charge in [-0.25, -0.2) is 0 Å². The van der Waals surface area contributed by atoms with Crippen molar-refractivity contribution in [3.8, 4) is 0 Å². The zero-order valence-corrected chi connectivity index (χ0v) is 14.4. The molecule has 2 fully saturated rings. The zero-order chi connectivity index (χ0) is 15.5. The predicted octanol–water partition coefficient (Wildman–Crippen LogP) is 3.31. The fourth-order valence-corrected chi connectivity index (χ4v) is 3.87. The Bertz CT molecular complexity index is 543. The first-order valence-corrected chi connectivity index (χ1v) is 8.70. The Hall–Kier alpha value is -0.910. The fourth-order valence-electron chi connectivity index (χ4n) is 3.49. The second-order valence-electron chi connectivity index (χ2n) is 6.09. The molecule has 2 atom stereocenters. The molecule has 2 saturated heterocycles. The largest absolute Gasteiger partial charge is 0.461 e. The van der Waals surface area contributed by atoms with Crippen molar-refractivity contribution in [3.05, 3.63) is 33.8 Å². The minimum absolute atomic E-state index is 0.0241. The van der Waals surface area contributed by atoms with E-state index in [4.69, 9.17) is 9.47 Å². The molecule has 0 aliphatic carbocycles. The number of halogens is 1. The molecule has 0 saturated carbocycles. The molecule has 0 aromatic heterocycles. The number of rotatable bonds is 3. The van der Waals surface area contributed by atoms with Crippen molar-refractivity contribution >= 4 is 21.9 Å². The van der Waals surface area contributed by atoms with Crippen molar-refractivity contribution in [2.45, 2.75) is 44.2 Å². The summed E-state index contributed by atoms with van der Waals surface area (Å²) in [6, 6.07) is 6.81. The Morgan fingerprint density at radius 2 is 2.09 bits per heavy atom. The molecule has 22 heavy (non-hydrogen) atoms. The van der Waals surface area contributed by atoms with Crippen LogP contribution in [-0.2, 0) is 14.3 Å². The van der Waals surface area contributed by atoms with Crippen LogP contribution in [0, 0.1) is 0 Å². The standard InChI is InChI=1S/C17H22BrNO3/c1-11(20)22-14-9-17(19-10-14)16-8-13(18)2-3-15(16)12-4-6-21-7-5-12/h2-3,8,12,14,17,19H,4-7,9-10H2,1H3. The molecule has 5 heteroatoms. The van der Waals surface area contributed by atoms with E-state index in [1.165, 1.54) is 18.1 Å². The summed E-state index contributed by atoms with van der Waals surface area (Å²) in [5.41, 5.74) is 2.74. The minimum Gasteiger partial charge on any atom is -0.461 e. The van der Waals surface area contributed by atoms with Crippen LogP contribution in [0.2, 0.25) is 0 Å². The Kier molecular flexibility index (Phi) is 5.16. The van der Waals surface area contributed by atoms with Gasteiger partial charge in [0.05, 0.1) is 0 Å². The molecule has 1 N–H and O–H groups in total. The van der Waals surface area contributed by atoms with Gasteiger partial charge in [-0.2, -0.15) is 0 Å². The molecule has 2 heterocycles. The molecule has 0 radical (unpaired) electrons. The number of carbonyl (C=O) groups is 1. The summed E-state index contributed by atoms with van der Waals surface area (Å²) in [5.74, 6) is 0.359. The van der Waals surface area contributed by atoms with Crippen LogP contribution in [0.3, 0.4) is 0 Å². The molecule has 0 bridgehead atoms. The van der Waals surface area contributed by atoms with Crippen LogP contribution >= 0.6 is 15.9 Å². The highest BCUT2D eigenvalue weighted by molar-refractivity contribution is 9.10. The van der Waals surface area contributed by atoms with Gasteiger partial charge in [-0.1, -0.05) is 22.0 Å². The third-order valence-corrected chi connectivity index (χ3v) is 5.00. The summed E-state index contributed by atoms with van der Waals surface area (Å²) in [6.07, 6.45) is 2.97. The third-order valence-electron chi connectivity index (χ3n) is 4.51. The highest BCUT2D eigenvalue weighted by Gasteiger charge is 2.30. The van der Waals surface area contributed by atoms with Gasteiger partial charge in [0.1, 0.15) is 6.10 Å². The van der Waals surface area contributed by atoms with Gasteiger partial charge in [0, 0.05) is 43.6 Å². The van der Waals surface area contributed by atoms with Crippen LogP contribution in [0.5, 0.6) is 0 Å². The molecule has 4 nitrogen and oxygen atoms in total. The topological polar surface area (TPSA) is 47.6 Å². The van der Waals surface area contributed by atoms with Crippen molar-refractivity contribution in [3.63, 3.8) is 0 Å². The average molecular weight is 368 g/mol. The number of benzene rings is 1. The number of hydrogen-bond acceptors (Lipinski definition) is 4. The monoisotopic (exact) mass is 367 g/mol. The van der Waals surface area contributed by atoms with Gasteiger partial charge in [0.15, 0.2) is 0 Å². The molecular formula is C17H22BrNO3. The van der Waals surface area contributed by atoms with Gasteiger partial charge in [-0.15, -0.1) is 0 Å². The number of esters is 1. The van der Waals surface area contributed by atoms with Crippen LogP contribution in [0.1, 0.15) is 49.3 Å². The van der Waals surface area contributed by atoms with Crippen molar-refractivity contribution in [1.82, 2.24) is 5.32 Å². The van der Waals surface area contributed by atoms with Gasteiger partial charge in [-0.05, 0) is 42.0 Å². The van der Waals surface area contributed by atoms with Crippen molar-refractivity contribution in [1.29, 1.82) is 0 Å². The second kappa shape index (κ2) is 7.11. The summed E-state index contributed by atoms with van der Waals surface area (Å²) in [6.45, 7) is 3.88. The van der Waals surface area contributed by atoms with Crippen LogP contribution in [-0.4, -0.2) is 31.8 Å². The van der Waals surface area contributed by atoms with E-state index in [1.807, 2.05) is 0 Å². The lowest BCUT2D eigenvalue weighted by molar-refractivity contribution is -0.145. The summed E-state index contributed by atoms with van der Waals surface area (Å²) >= 11 is 3.59. The summed E-state index contributed by atoms with van der Waals surface area (Å²) < 4.78 is 11.9. The van der Waals surface area contributed by atoms with Crippen LogP contribution in [0.4, 0.5) is 0 Å². The Labute approximate surface area is 139 Å². The molecular weight excluding hydrogens is 346 g/mol. The summed E-state index contributed by atoms with van der Waals surface area (Å²) in [5, 5.41) is 3.51. The molecule has 3 rings (SSSR count). The van der Waals surface area contributed by atoms with E-state index in [0.29, 0.717) is 5.92 Å². The van der Waals surface area contributed by atoms with E-state index < -0.39 is 0 Å². The first-order valence-electron chi connectivity index (χ1n) is 7.91. The van der Waals surface area contributed by atoms with Crippen molar-refractivity contribution < 1.29 is 14.3 Å². The third kappa shape index (κ3) is 3.70. The smallest absolute Gasteiger partial charge is 0.302 e. The molecule has 2 aliphatic heterocycles. The molecule has 120 valence electrons. The van der Waals surface area contributed by atoms with E-state index in [2.05, 4.69) is 39.4 Å². The lowest BCUT2D eigenvalue weighted by Crippen LogP contribution is -2.20. The number of nitrogens with one attached hydrogen (secondary N) is 1. The maximum absolute atomic E-state index is 11.1. The van der Waals surface area contributed by atoms with E-state index >= 15 is 0 Å². The molecule has 2 aliphatic rings. The van der Waals surface area contributed by atoms with E-state index in [0.717, 1.165) is 43.5 Å². The van der Waals surface area contributed by atoms with Gasteiger partial charge in [-0.3, -0.25) is 4.79 Å². The van der Waals surface area contributed by atoms with Crippen molar-refractivity contribution in [2.24, 2.45) is 0 Å². The van der Waals surface area contributed by atoms with Crippen LogP contribution in [0.15, 0.2) is 22.7 Å². The van der Waals surface area contributed by atoms with E-state index in [1.54, 1.807) is 0 Å². The highest BCUT2D eigenvalue weighted by Crippen LogP contribution is 2.37. The highest BCUT2D eigenvalue weighted by atomic mass is 79.9.